The molecule has 0 aliphatic carbocycles. The van der Waals surface area contributed by atoms with E-state index >= 15 is 0 Å². The molecule has 32 heavy (non-hydrogen) atoms. The molecular weight excluding hydrogens is 430 g/mol. The topological polar surface area (TPSA) is 74.1 Å². The number of nitrogens with zero attached hydrogens (tertiary/aromatic N) is 2. The van der Waals surface area contributed by atoms with Gasteiger partial charge in [-0.1, -0.05) is 29.8 Å². The summed E-state index contributed by atoms with van der Waals surface area (Å²) in [6.45, 7) is 2.23. The van der Waals surface area contributed by atoms with Gasteiger partial charge >= 0.3 is 0 Å². The van der Waals surface area contributed by atoms with E-state index in [2.05, 4.69) is 10.3 Å². The smallest absolute Gasteiger partial charge is 0.259 e. The van der Waals surface area contributed by atoms with Crippen molar-refractivity contribution in [1.82, 2.24) is 9.38 Å². The maximum absolute atomic E-state index is 13.0. The normalized spacial score (nSPS) is 10.8. The summed E-state index contributed by atoms with van der Waals surface area (Å²) < 4.78 is 18.5. The SMILES string of the molecule is COc1cc(OC)c(NC(=O)c2ccccc2OCc2cn3cccc(C)c3n2)cc1Cl. The van der Waals surface area contributed by atoms with Crippen LogP contribution in [0.4, 0.5) is 5.69 Å². The third-order valence-electron chi connectivity index (χ3n) is 4.96. The highest BCUT2D eigenvalue weighted by molar-refractivity contribution is 6.32. The van der Waals surface area contributed by atoms with Crippen molar-refractivity contribution in [2.24, 2.45) is 0 Å². The van der Waals surface area contributed by atoms with Crippen molar-refractivity contribution < 1.29 is 19.0 Å². The quantitative estimate of drug-likeness (QED) is 0.421. The fourth-order valence-electron chi connectivity index (χ4n) is 3.35. The number of aromatic nitrogens is 2. The van der Waals surface area contributed by atoms with E-state index in [9.17, 15) is 4.79 Å². The van der Waals surface area contributed by atoms with E-state index in [4.69, 9.17) is 25.8 Å². The molecule has 1 amide bonds. The number of pyridine rings is 1. The number of fused-ring (bicyclic) bond motifs is 1. The largest absolute Gasteiger partial charge is 0.495 e. The van der Waals surface area contributed by atoms with E-state index < -0.39 is 0 Å². The molecular formula is C24H22ClN3O4. The van der Waals surface area contributed by atoms with Crippen LogP contribution in [0.25, 0.3) is 5.65 Å². The van der Waals surface area contributed by atoms with E-state index in [-0.39, 0.29) is 12.5 Å². The molecule has 2 aromatic carbocycles. The number of methoxy groups -OCH3 is 2. The number of hydrogen-bond acceptors (Lipinski definition) is 5. The van der Waals surface area contributed by atoms with Gasteiger partial charge in [-0.05, 0) is 36.8 Å². The Bertz CT molecular complexity index is 1290. The molecule has 0 saturated carbocycles. The number of ether oxygens (including phenoxy) is 3. The molecule has 0 aliphatic rings. The van der Waals surface area contributed by atoms with Gasteiger partial charge < -0.3 is 23.9 Å². The molecule has 0 aliphatic heterocycles. The van der Waals surface area contributed by atoms with Crippen molar-refractivity contribution in [3.63, 3.8) is 0 Å². The van der Waals surface area contributed by atoms with Crippen LogP contribution in [-0.2, 0) is 6.61 Å². The van der Waals surface area contributed by atoms with Crippen molar-refractivity contribution in [3.05, 3.63) is 82.8 Å². The van der Waals surface area contributed by atoms with Crippen LogP contribution in [0.3, 0.4) is 0 Å². The van der Waals surface area contributed by atoms with Gasteiger partial charge in [-0.3, -0.25) is 4.79 Å². The van der Waals surface area contributed by atoms with Gasteiger partial charge in [0.1, 0.15) is 29.5 Å². The lowest BCUT2D eigenvalue weighted by atomic mass is 10.1. The number of nitrogens with one attached hydrogen (secondary N) is 1. The number of anilines is 1. The van der Waals surface area contributed by atoms with E-state index in [0.29, 0.717) is 33.5 Å². The van der Waals surface area contributed by atoms with Crippen molar-refractivity contribution in [2.45, 2.75) is 13.5 Å². The van der Waals surface area contributed by atoms with Crippen molar-refractivity contribution >= 4 is 28.8 Å². The lowest BCUT2D eigenvalue weighted by Crippen LogP contribution is -2.14. The fourth-order valence-corrected chi connectivity index (χ4v) is 3.59. The van der Waals surface area contributed by atoms with Gasteiger partial charge in [0.15, 0.2) is 0 Å². The minimum absolute atomic E-state index is 0.225. The van der Waals surface area contributed by atoms with Crippen LogP contribution >= 0.6 is 11.6 Å². The van der Waals surface area contributed by atoms with Crippen LogP contribution in [0, 0.1) is 6.92 Å². The van der Waals surface area contributed by atoms with Gasteiger partial charge in [-0.2, -0.15) is 0 Å². The van der Waals surface area contributed by atoms with Gasteiger partial charge in [0.25, 0.3) is 5.91 Å². The van der Waals surface area contributed by atoms with Gasteiger partial charge in [-0.15, -0.1) is 0 Å². The third kappa shape index (κ3) is 4.33. The first-order valence-electron chi connectivity index (χ1n) is 9.88. The molecule has 2 heterocycles. The van der Waals surface area contributed by atoms with Crippen molar-refractivity contribution in [3.8, 4) is 17.2 Å². The number of aryl methyl sites for hydroxylation is 1. The molecule has 0 atom stereocenters. The Labute approximate surface area is 190 Å². The standard InChI is InChI=1S/C24H22ClN3O4/c1-15-7-6-10-28-13-16(26-23(15)28)14-32-20-9-5-4-8-17(20)24(29)27-19-11-18(25)21(30-2)12-22(19)31-3/h4-13H,14H2,1-3H3,(H,27,29). The molecule has 0 unspecified atom stereocenters. The molecule has 0 fully saturated rings. The van der Waals surface area contributed by atoms with Crippen molar-refractivity contribution in [1.29, 1.82) is 0 Å². The Balaban J connectivity index is 1.54. The summed E-state index contributed by atoms with van der Waals surface area (Å²) in [5, 5.41) is 3.19. The highest BCUT2D eigenvalue weighted by Crippen LogP contribution is 2.36. The second-order valence-electron chi connectivity index (χ2n) is 7.08. The molecule has 0 radical (unpaired) electrons. The first-order chi connectivity index (χ1) is 15.5. The number of carbonyl (C=O) groups excluding carboxylic acids is 1. The minimum atomic E-state index is -0.356. The Kier molecular flexibility index (Phi) is 6.18. The number of amides is 1. The van der Waals surface area contributed by atoms with E-state index in [1.165, 1.54) is 14.2 Å². The Morgan fingerprint density at radius 1 is 1.06 bits per heavy atom. The Hall–Kier alpha value is -3.71. The Morgan fingerprint density at radius 2 is 1.84 bits per heavy atom. The van der Waals surface area contributed by atoms with Gasteiger partial charge in [0, 0.05) is 18.5 Å². The molecule has 7 nitrogen and oxygen atoms in total. The number of imidazole rings is 1. The molecule has 0 spiro atoms. The van der Waals surface area contributed by atoms with Gasteiger partial charge in [-0.25, -0.2) is 4.98 Å². The lowest BCUT2D eigenvalue weighted by Gasteiger charge is -2.14. The monoisotopic (exact) mass is 451 g/mol. The van der Waals surface area contributed by atoms with Crippen LogP contribution in [-0.4, -0.2) is 29.5 Å². The number of rotatable bonds is 7. The molecule has 8 heteroatoms. The third-order valence-corrected chi connectivity index (χ3v) is 5.25. The van der Waals surface area contributed by atoms with Crippen molar-refractivity contribution in [2.75, 3.05) is 19.5 Å². The summed E-state index contributed by atoms with van der Waals surface area (Å²) in [6.07, 6.45) is 3.85. The highest BCUT2D eigenvalue weighted by Gasteiger charge is 2.17. The highest BCUT2D eigenvalue weighted by atomic mass is 35.5. The number of hydrogen-bond donors (Lipinski definition) is 1. The molecule has 0 saturated heterocycles. The van der Waals surface area contributed by atoms with Crippen LogP contribution in [0.5, 0.6) is 17.2 Å². The fraction of sp³-hybridized carbons (Fsp3) is 0.167. The molecule has 0 bridgehead atoms. The van der Waals surface area contributed by atoms with E-state index in [0.717, 1.165) is 16.9 Å². The van der Waals surface area contributed by atoms with Crippen LogP contribution in [0.2, 0.25) is 5.02 Å². The average molecular weight is 452 g/mol. The second-order valence-corrected chi connectivity index (χ2v) is 7.49. The lowest BCUT2D eigenvalue weighted by molar-refractivity contribution is 0.102. The number of carbonyl (C=O) groups is 1. The van der Waals surface area contributed by atoms with E-state index in [1.54, 1.807) is 30.3 Å². The summed E-state index contributed by atoms with van der Waals surface area (Å²) in [5.74, 6) is 0.967. The van der Waals surface area contributed by atoms with E-state index in [1.807, 2.05) is 41.9 Å². The van der Waals surface area contributed by atoms with Crippen LogP contribution in [0.1, 0.15) is 21.6 Å². The first-order valence-corrected chi connectivity index (χ1v) is 10.3. The van der Waals surface area contributed by atoms with Gasteiger partial charge in [0.05, 0.1) is 36.2 Å². The molecule has 1 N–H and O–H groups in total. The molecule has 4 aromatic rings. The maximum Gasteiger partial charge on any atom is 0.259 e. The maximum atomic E-state index is 13.0. The summed E-state index contributed by atoms with van der Waals surface area (Å²) >= 11 is 6.22. The zero-order valence-electron chi connectivity index (χ0n) is 17.9. The molecule has 164 valence electrons. The Morgan fingerprint density at radius 3 is 2.59 bits per heavy atom. The second kappa shape index (κ2) is 9.20. The zero-order valence-corrected chi connectivity index (χ0v) is 18.6. The summed E-state index contributed by atoms with van der Waals surface area (Å²) in [4.78, 5) is 17.6. The average Bonchev–Trinajstić information content (AvgIpc) is 3.22. The van der Waals surface area contributed by atoms with Crippen LogP contribution in [0.15, 0.2) is 60.9 Å². The van der Waals surface area contributed by atoms with Gasteiger partial charge in [0.2, 0.25) is 0 Å². The zero-order chi connectivity index (χ0) is 22.7. The summed E-state index contributed by atoms with van der Waals surface area (Å²) in [7, 11) is 3.02. The predicted molar refractivity (Wildman–Crippen MR) is 123 cm³/mol. The number of para-hydroxylation sites is 1. The number of benzene rings is 2. The van der Waals surface area contributed by atoms with Crippen LogP contribution < -0.4 is 19.5 Å². The molecule has 4 rings (SSSR count). The summed E-state index contributed by atoms with van der Waals surface area (Å²) in [6, 6.07) is 14.2. The predicted octanol–water partition coefficient (Wildman–Crippen LogP) is 5.14. The number of halogens is 1. The minimum Gasteiger partial charge on any atom is -0.495 e. The summed E-state index contributed by atoms with van der Waals surface area (Å²) in [5.41, 5.74) is 3.51. The molecule has 2 aromatic heterocycles. The first kappa shape index (κ1) is 21.5.